The van der Waals surface area contributed by atoms with Gasteiger partial charge in [0.25, 0.3) is 0 Å². The molecule has 2 fully saturated rings. The van der Waals surface area contributed by atoms with Gasteiger partial charge in [-0.05, 0) is 62.0 Å². The van der Waals surface area contributed by atoms with Crippen molar-refractivity contribution in [1.29, 1.82) is 0 Å². The number of benzene rings is 1. The van der Waals surface area contributed by atoms with E-state index in [1.54, 1.807) is 18.5 Å². The minimum atomic E-state index is -0.901. The van der Waals surface area contributed by atoms with Crippen molar-refractivity contribution in [3.05, 3.63) is 42.7 Å². The molecule has 0 amide bonds. The summed E-state index contributed by atoms with van der Waals surface area (Å²) in [6.45, 7) is 0. The molecule has 3 aromatic rings. The van der Waals surface area contributed by atoms with E-state index in [0.717, 1.165) is 30.0 Å². The first kappa shape index (κ1) is 18.2. The number of rotatable bonds is 3. The zero-order valence-electron chi connectivity index (χ0n) is 16.5. The van der Waals surface area contributed by atoms with Gasteiger partial charge in [0.05, 0.1) is 11.7 Å². The lowest BCUT2D eigenvalue weighted by atomic mass is 9.95. The average molecular weight is 393 g/mol. The first-order chi connectivity index (χ1) is 14.0. The second-order valence-corrected chi connectivity index (χ2v) is 8.19. The van der Waals surface area contributed by atoms with Crippen LogP contribution < -0.4 is 4.90 Å². The molecule has 2 bridgehead atoms. The Labute approximate surface area is 169 Å². The number of nitrogens with zero attached hydrogens (tertiary/aromatic N) is 5. The highest BCUT2D eigenvalue weighted by Gasteiger charge is 2.47. The fourth-order valence-electron chi connectivity index (χ4n) is 4.90. The third-order valence-corrected chi connectivity index (χ3v) is 6.68. The summed E-state index contributed by atoms with van der Waals surface area (Å²) in [5, 5.41) is 20.9. The van der Waals surface area contributed by atoms with Crippen molar-refractivity contribution in [2.75, 3.05) is 19.0 Å². The zero-order valence-corrected chi connectivity index (χ0v) is 16.5. The van der Waals surface area contributed by atoms with Crippen LogP contribution in [0.15, 0.2) is 42.7 Å². The summed E-state index contributed by atoms with van der Waals surface area (Å²) < 4.78 is 15.1. The molecule has 0 spiro atoms. The summed E-state index contributed by atoms with van der Waals surface area (Å²) >= 11 is 0. The average Bonchev–Trinajstić information content (AvgIpc) is 3.00. The van der Waals surface area contributed by atoms with Crippen LogP contribution in [0.2, 0.25) is 0 Å². The summed E-state index contributed by atoms with van der Waals surface area (Å²) in [6, 6.07) is 9.34. The number of hydrogen-bond donors (Lipinski definition) is 1. The van der Waals surface area contributed by atoms with Crippen LogP contribution in [0.1, 0.15) is 19.3 Å². The van der Waals surface area contributed by atoms with Gasteiger partial charge in [-0.3, -0.25) is 9.88 Å². The highest BCUT2D eigenvalue weighted by molar-refractivity contribution is 5.89. The molecule has 2 aliphatic heterocycles. The van der Waals surface area contributed by atoms with Gasteiger partial charge in [-0.1, -0.05) is 0 Å². The number of aromatic hydroxyl groups is 1. The normalized spacial score (nSPS) is 26.7. The number of aromatic nitrogens is 3. The van der Waals surface area contributed by atoms with Gasteiger partial charge < -0.3 is 10.0 Å². The van der Waals surface area contributed by atoms with E-state index in [-0.39, 0.29) is 17.8 Å². The van der Waals surface area contributed by atoms with Gasteiger partial charge in [0, 0.05) is 42.5 Å². The molecule has 2 aliphatic rings. The van der Waals surface area contributed by atoms with Gasteiger partial charge in [0.1, 0.15) is 11.9 Å². The molecule has 2 aromatic heterocycles. The Morgan fingerprint density at radius 1 is 1.14 bits per heavy atom. The van der Waals surface area contributed by atoms with Crippen LogP contribution >= 0.6 is 0 Å². The van der Waals surface area contributed by atoms with Crippen LogP contribution in [-0.4, -0.2) is 63.6 Å². The lowest BCUT2D eigenvalue weighted by molar-refractivity contribution is 0.0701. The van der Waals surface area contributed by atoms with Crippen molar-refractivity contribution in [1.82, 2.24) is 20.1 Å². The molecule has 0 aliphatic carbocycles. The molecule has 0 radical (unpaired) electrons. The van der Waals surface area contributed by atoms with E-state index >= 15 is 4.39 Å². The quantitative estimate of drug-likeness (QED) is 0.736. The molecule has 0 saturated carbocycles. The maximum Gasteiger partial charge on any atom is 0.151 e. The Kier molecular flexibility index (Phi) is 4.35. The number of piperidine rings is 1. The van der Waals surface area contributed by atoms with Gasteiger partial charge in [0.2, 0.25) is 0 Å². The first-order valence-electron chi connectivity index (χ1n) is 10.0. The Morgan fingerprint density at radius 2 is 2.00 bits per heavy atom. The second kappa shape index (κ2) is 6.91. The van der Waals surface area contributed by atoms with Crippen molar-refractivity contribution < 1.29 is 9.50 Å². The van der Waals surface area contributed by atoms with E-state index in [2.05, 4.69) is 20.1 Å². The van der Waals surface area contributed by atoms with Crippen LogP contribution in [0.25, 0.3) is 22.0 Å². The molecular formula is C22H24FN5O. The van der Waals surface area contributed by atoms with E-state index in [1.165, 1.54) is 0 Å². The molecule has 2 saturated heterocycles. The number of alkyl halides is 1. The van der Waals surface area contributed by atoms with Crippen LogP contribution in [0.4, 0.5) is 10.2 Å². The topological polar surface area (TPSA) is 65.4 Å². The molecular weight excluding hydrogens is 369 g/mol. The van der Waals surface area contributed by atoms with Gasteiger partial charge in [-0.2, -0.15) is 0 Å². The molecule has 1 N–H and O–H groups in total. The fourth-order valence-corrected chi connectivity index (χ4v) is 4.90. The number of fused-ring (bicyclic) bond motifs is 3. The second-order valence-electron chi connectivity index (χ2n) is 8.19. The summed E-state index contributed by atoms with van der Waals surface area (Å²) in [6.07, 6.45) is 5.33. The lowest BCUT2D eigenvalue weighted by Crippen LogP contribution is -2.56. The van der Waals surface area contributed by atoms with Gasteiger partial charge in [0.15, 0.2) is 5.82 Å². The third kappa shape index (κ3) is 3.00. The number of hydrogen-bond acceptors (Lipinski definition) is 6. The van der Waals surface area contributed by atoms with E-state index in [0.29, 0.717) is 23.1 Å². The Morgan fingerprint density at radius 3 is 2.79 bits per heavy atom. The minimum Gasteiger partial charge on any atom is -0.507 e. The van der Waals surface area contributed by atoms with E-state index in [4.69, 9.17) is 0 Å². The van der Waals surface area contributed by atoms with Crippen molar-refractivity contribution in [3.8, 4) is 17.0 Å². The molecule has 7 heteroatoms. The molecule has 29 heavy (non-hydrogen) atoms. The summed E-state index contributed by atoms with van der Waals surface area (Å²) in [4.78, 5) is 8.25. The largest absolute Gasteiger partial charge is 0.507 e. The maximum absolute atomic E-state index is 15.1. The van der Waals surface area contributed by atoms with Crippen LogP contribution in [0, 0.1) is 0 Å². The van der Waals surface area contributed by atoms with Gasteiger partial charge in [-0.25, -0.2) is 4.39 Å². The number of halogens is 1. The van der Waals surface area contributed by atoms with Crippen LogP contribution in [0.5, 0.6) is 5.75 Å². The molecule has 4 atom stereocenters. The molecule has 1 aromatic carbocycles. The number of anilines is 1. The van der Waals surface area contributed by atoms with Crippen molar-refractivity contribution in [3.63, 3.8) is 0 Å². The predicted octanol–water partition coefficient (Wildman–Crippen LogP) is 3.41. The number of pyridine rings is 1. The predicted molar refractivity (Wildman–Crippen MR) is 111 cm³/mol. The Balaban J connectivity index is 1.41. The standard InChI is InChI=1S/C22H24FN5O/c1-27-15-3-5-18(27)22(23)19(11-15)28(2)21-6-4-17(25-26-21)16-9-14-12-24-8-7-13(14)10-20(16)29/h4,6-10,12,15,18-19,22,29H,3,5,11H2,1-2H3/t15?,18?,19-,22+/m0/s1. The maximum atomic E-state index is 15.1. The highest BCUT2D eigenvalue weighted by Crippen LogP contribution is 2.39. The Bertz CT molecular complexity index is 1040. The lowest BCUT2D eigenvalue weighted by Gasteiger charge is -2.43. The van der Waals surface area contributed by atoms with Crippen LogP contribution in [-0.2, 0) is 0 Å². The van der Waals surface area contributed by atoms with Gasteiger partial charge in [-0.15, -0.1) is 10.2 Å². The number of phenolic OH excluding ortho intramolecular Hbond substituents is 1. The van der Waals surface area contributed by atoms with Gasteiger partial charge >= 0.3 is 0 Å². The van der Waals surface area contributed by atoms with E-state index < -0.39 is 6.17 Å². The van der Waals surface area contributed by atoms with Crippen molar-refractivity contribution >= 4 is 16.6 Å². The van der Waals surface area contributed by atoms with Crippen molar-refractivity contribution in [2.45, 2.75) is 43.6 Å². The first-order valence-corrected chi connectivity index (χ1v) is 10.0. The van der Waals surface area contributed by atoms with E-state index in [1.807, 2.05) is 43.3 Å². The summed E-state index contributed by atoms with van der Waals surface area (Å²) in [5.41, 5.74) is 1.18. The number of phenols is 1. The monoisotopic (exact) mass is 393 g/mol. The third-order valence-electron chi connectivity index (χ3n) is 6.68. The van der Waals surface area contributed by atoms with Crippen molar-refractivity contribution in [2.24, 2.45) is 0 Å². The molecule has 5 rings (SSSR count). The molecule has 2 unspecified atom stereocenters. The SMILES string of the molecule is CN1C2CCC1[C@@H](F)[C@@H](N(C)c1ccc(-c3cc4cnccc4cc3O)nn1)C2. The smallest absolute Gasteiger partial charge is 0.151 e. The molecule has 150 valence electrons. The molecule has 6 nitrogen and oxygen atoms in total. The highest BCUT2D eigenvalue weighted by atomic mass is 19.1. The fraction of sp³-hybridized carbons (Fsp3) is 0.409. The summed E-state index contributed by atoms with van der Waals surface area (Å²) in [7, 11) is 3.93. The summed E-state index contributed by atoms with van der Waals surface area (Å²) in [5.74, 6) is 0.794. The van der Waals surface area contributed by atoms with Crippen LogP contribution in [0.3, 0.4) is 0 Å². The minimum absolute atomic E-state index is 0.00316. The Hall–Kier alpha value is -2.80. The zero-order chi connectivity index (χ0) is 20.1. The molecule has 4 heterocycles. The van der Waals surface area contributed by atoms with E-state index in [9.17, 15) is 5.11 Å².